The molecule has 2 aromatic rings. The number of benzene rings is 2. The Morgan fingerprint density at radius 1 is 0.719 bits per heavy atom. The maximum atomic E-state index is 11.7. The van der Waals surface area contributed by atoms with E-state index in [0.717, 1.165) is 24.9 Å². The molecule has 1 aliphatic carbocycles. The number of hydrogen-bond donors (Lipinski definition) is 0. The number of rotatable bonds is 14. The van der Waals surface area contributed by atoms with E-state index in [9.17, 15) is 4.79 Å². The van der Waals surface area contributed by atoms with Crippen molar-refractivity contribution < 1.29 is 4.79 Å². The van der Waals surface area contributed by atoms with E-state index in [-0.39, 0.29) is 5.41 Å². The first-order chi connectivity index (χ1) is 15.6. The molecule has 0 atom stereocenters. The minimum atomic E-state index is 0.0346. The highest BCUT2D eigenvalue weighted by molar-refractivity contribution is 5.86. The molecule has 0 unspecified atom stereocenters. The van der Waals surface area contributed by atoms with Crippen LogP contribution in [0.4, 0.5) is 5.69 Å². The fourth-order valence-corrected chi connectivity index (χ4v) is 5.46. The van der Waals surface area contributed by atoms with Crippen LogP contribution in [0.5, 0.6) is 0 Å². The molecule has 0 amide bonds. The molecule has 0 spiro atoms. The van der Waals surface area contributed by atoms with E-state index in [4.69, 9.17) is 0 Å². The van der Waals surface area contributed by atoms with Crippen LogP contribution in [0.25, 0.3) is 11.1 Å². The largest absolute Gasteiger partial charge is 0.372 e. The zero-order chi connectivity index (χ0) is 23.0. The Hall–Kier alpha value is -2.09. The van der Waals surface area contributed by atoms with E-state index >= 15 is 0 Å². The summed E-state index contributed by atoms with van der Waals surface area (Å²) < 4.78 is 0. The van der Waals surface area contributed by atoms with Crippen LogP contribution < -0.4 is 4.90 Å². The number of anilines is 1. The van der Waals surface area contributed by atoms with Crippen molar-refractivity contribution in [3.05, 3.63) is 53.1 Å². The van der Waals surface area contributed by atoms with Gasteiger partial charge in [-0.1, -0.05) is 84.4 Å². The van der Waals surface area contributed by atoms with E-state index in [1.165, 1.54) is 92.1 Å². The monoisotopic (exact) mass is 433 g/mol. The third kappa shape index (κ3) is 4.95. The lowest BCUT2D eigenvalue weighted by atomic mass is 9.70. The Labute approximate surface area is 196 Å². The van der Waals surface area contributed by atoms with Gasteiger partial charge in [-0.3, -0.25) is 4.79 Å². The normalized spacial score (nSPS) is 13.6. The molecule has 174 valence electrons. The van der Waals surface area contributed by atoms with Gasteiger partial charge in [0.2, 0.25) is 0 Å². The van der Waals surface area contributed by atoms with Gasteiger partial charge in [-0.25, -0.2) is 0 Å². The van der Waals surface area contributed by atoms with Crippen molar-refractivity contribution in [3.63, 3.8) is 0 Å². The maximum Gasteiger partial charge on any atom is 0.150 e. The zero-order valence-corrected chi connectivity index (χ0v) is 20.9. The molecule has 0 saturated carbocycles. The van der Waals surface area contributed by atoms with E-state index in [1.807, 2.05) is 6.07 Å². The van der Waals surface area contributed by atoms with Gasteiger partial charge in [0.05, 0.1) is 0 Å². The van der Waals surface area contributed by atoms with Crippen molar-refractivity contribution in [2.75, 3.05) is 18.0 Å². The van der Waals surface area contributed by atoms with Gasteiger partial charge < -0.3 is 4.90 Å². The second-order valence-corrected chi connectivity index (χ2v) is 9.64. The second kappa shape index (κ2) is 11.7. The molecule has 1 aliphatic rings. The van der Waals surface area contributed by atoms with Gasteiger partial charge in [0.25, 0.3) is 0 Å². The van der Waals surface area contributed by atoms with E-state index < -0.39 is 0 Å². The van der Waals surface area contributed by atoms with Crippen LogP contribution in [-0.2, 0) is 5.41 Å². The first kappa shape index (κ1) is 24.6. The minimum Gasteiger partial charge on any atom is -0.372 e. The lowest BCUT2D eigenvalue weighted by Crippen LogP contribution is -2.28. The van der Waals surface area contributed by atoms with Crippen LogP contribution in [0.3, 0.4) is 0 Å². The quantitative estimate of drug-likeness (QED) is 0.278. The Balaban J connectivity index is 2.14. The Morgan fingerprint density at radius 3 is 1.78 bits per heavy atom. The Bertz CT molecular complexity index is 868. The number of carbonyl (C=O) groups is 1. The number of hydrogen-bond acceptors (Lipinski definition) is 2. The van der Waals surface area contributed by atoms with Crippen LogP contribution in [0, 0.1) is 0 Å². The molecule has 32 heavy (non-hydrogen) atoms. The number of unbranched alkanes of at least 4 members (excludes halogenated alkanes) is 4. The predicted octanol–water partition coefficient (Wildman–Crippen LogP) is 8.55. The van der Waals surface area contributed by atoms with Gasteiger partial charge in [0.1, 0.15) is 6.29 Å². The summed E-state index contributed by atoms with van der Waals surface area (Å²) in [7, 11) is 0. The van der Waals surface area contributed by atoms with E-state index in [2.05, 4.69) is 62.9 Å². The fourth-order valence-electron chi connectivity index (χ4n) is 5.46. The predicted molar refractivity (Wildman–Crippen MR) is 139 cm³/mol. The van der Waals surface area contributed by atoms with Gasteiger partial charge in [0.15, 0.2) is 0 Å². The fraction of sp³-hybridized carbons (Fsp3) is 0.567. The lowest BCUT2D eigenvalue weighted by molar-refractivity contribution is 0.112. The summed E-state index contributed by atoms with van der Waals surface area (Å²) in [5.74, 6) is 0. The maximum absolute atomic E-state index is 11.7. The number of aldehydes is 1. The molecule has 0 aliphatic heterocycles. The average molecular weight is 434 g/mol. The van der Waals surface area contributed by atoms with Crippen molar-refractivity contribution in [2.24, 2.45) is 0 Å². The molecule has 2 nitrogen and oxygen atoms in total. The van der Waals surface area contributed by atoms with Crippen molar-refractivity contribution in [1.29, 1.82) is 0 Å². The molecule has 0 heterocycles. The molecule has 0 radical (unpaired) electrons. The molecule has 2 aromatic carbocycles. The van der Waals surface area contributed by atoms with Crippen molar-refractivity contribution in [3.8, 4) is 11.1 Å². The summed E-state index contributed by atoms with van der Waals surface area (Å²) in [6.45, 7) is 11.4. The van der Waals surface area contributed by atoms with Gasteiger partial charge in [-0.15, -0.1) is 0 Å². The van der Waals surface area contributed by atoms with Crippen LogP contribution in [-0.4, -0.2) is 19.4 Å². The topological polar surface area (TPSA) is 20.3 Å². The third-order valence-corrected chi connectivity index (χ3v) is 7.35. The SMILES string of the molecule is CCCCN(CCCC)c1ccc2c(c1)C(CCCC)(CCCC)c1cc(C=O)ccc1-2. The standard InChI is InChI=1S/C30H43NO/c1-5-9-17-30(18-10-6-2)28-21-24(23-32)13-15-26(28)27-16-14-25(22-29(27)30)31(19-11-7-3)20-12-8-4/h13-16,21-23H,5-12,17-20H2,1-4H3. The van der Waals surface area contributed by atoms with Crippen molar-refractivity contribution in [1.82, 2.24) is 0 Å². The molecule has 2 heteroatoms. The molecule has 0 aromatic heterocycles. The van der Waals surface area contributed by atoms with E-state index in [1.54, 1.807) is 0 Å². The van der Waals surface area contributed by atoms with Crippen LogP contribution in [0.15, 0.2) is 36.4 Å². The average Bonchev–Trinajstić information content (AvgIpc) is 3.10. The highest BCUT2D eigenvalue weighted by Crippen LogP contribution is 2.55. The molecule has 3 rings (SSSR count). The number of carbonyl (C=O) groups excluding carboxylic acids is 1. The third-order valence-electron chi connectivity index (χ3n) is 7.35. The summed E-state index contributed by atoms with van der Waals surface area (Å²) >= 11 is 0. The summed E-state index contributed by atoms with van der Waals surface area (Å²) in [5, 5.41) is 0. The highest BCUT2D eigenvalue weighted by Gasteiger charge is 2.42. The Kier molecular flexibility index (Phi) is 8.96. The van der Waals surface area contributed by atoms with Gasteiger partial charge in [-0.2, -0.15) is 0 Å². The molecule has 0 fully saturated rings. The van der Waals surface area contributed by atoms with Crippen LogP contribution in [0.2, 0.25) is 0 Å². The molecular weight excluding hydrogens is 390 g/mol. The van der Waals surface area contributed by atoms with Gasteiger partial charge in [-0.05, 0) is 66.1 Å². The Morgan fingerprint density at radius 2 is 1.25 bits per heavy atom. The second-order valence-electron chi connectivity index (χ2n) is 9.64. The summed E-state index contributed by atoms with van der Waals surface area (Å²) in [6, 6.07) is 13.6. The molecule has 0 bridgehead atoms. The van der Waals surface area contributed by atoms with Crippen LogP contribution >= 0.6 is 0 Å². The summed E-state index contributed by atoms with van der Waals surface area (Å²) in [6.07, 6.45) is 13.1. The minimum absolute atomic E-state index is 0.0346. The summed E-state index contributed by atoms with van der Waals surface area (Å²) in [5.41, 5.74) is 7.86. The number of nitrogens with zero attached hydrogens (tertiary/aromatic N) is 1. The lowest BCUT2D eigenvalue weighted by Gasteiger charge is -2.34. The van der Waals surface area contributed by atoms with Gasteiger partial charge >= 0.3 is 0 Å². The van der Waals surface area contributed by atoms with E-state index in [0.29, 0.717) is 0 Å². The van der Waals surface area contributed by atoms with Gasteiger partial charge in [0, 0.05) is 29.8 Å². The molecule has 0 N–H and O–H groups in total. The first-order valence-electron chi connectivity index (χ1n) is 13.1. The number of fused-ring (bicyclic) bond motifs is 3. The highest BCUT2D eigenvalue weighted by atomic mass is 16.1. The molecular formula is C30H43NO. The van der Waals surface area contributed by atoms with Crippen molar-refractivity contribution in [2.45, 2.75) is 97.3 Å². The van der Waals surface area contributed by atoms with Crippen molar-refractivity contribution >= 4 is 12.0 Å². The van der Waals surface area contributed by atoms with Crippen LogP contribution in [0.1, 0.15) is 113 Å². The smallest absolute Gasteiger partial charge is 0.150 e. The first-order valence-corrected chi connectivity index (χ1v) is 13.1. The molecule has 0 saturated heterocycles. The zero-order valence-electron chi connectivity index (χ0n) is 20.9. The summed E-state index contributed by atoms with van der Waals surface area (Å²) in [4.78, 5) is 14.3.